The molecule has 4 atom stereocenters. The Morgan fingerprint density at radius 1 is 1.20 bits per heavy atom. The van der Waals surface area contributed by atoms with Gasteiger partial charge < -0.3 is 10.4 Å². The number of hydrogen-bond acceptors (Lipinski definition) is 2. The maximum atomic E-state index is 9.95. The number of piperidine rings is 1. The van der Waals surface area contributed by atoms with Crippen LogP contribution in [0.25, 0.3) is 0 Å². The molecule has 2 heteroatoms. The zero-order chi connectivity index (χ0) is 11.1. The van der Waals surface area contributed by atoms with E-state index in [2.05, 4.69) is 26.1 Å². The number of nitrogens with one attached hydrogen (secondary N) is 1. The summed E-state index contributed by atoms with van der Waals surface area (Å²) < 4.78 is 0. The molecule has 0 bridgehead atoms. The largest absolute Gasteiger partial charge is 0.393 e. The third-order valence-electron chi connectivity index (χ3n) is 4.29. The summed E-state index contributed by atoms with van der Waals surface area (Å²) in [4.78, 5) is 0. The second-order valence-corrected chi connectivity index (χ2v) is 6.48. The van der Waals surface area contributed by atoms with Crippen molar-refractivity contribution in [2.24, 2.45) is 17.3 Å². The van der Waals surface area contributed by atoms with Crippen molar-refractivity contribution in [3.05, 3.63) is 0 Å². The van der Waals surface area contributed by atoms with Crippen LogP contribution >= 0.6 is 0 Å². The van der Waals surface area contributed by atoms with Gasteiger partial charge in [0.2, 0.25) is 0 Å². The van der Waals surface area contributed by atoms with Crippen molar-refractivity contribution in [3.63, 3.8) is 0 Å². The summed E-state index contributed by atoms with van der Waals surface area (Å²) in [6, 6.07) is 0.655. The van der Waals surface area contributed by atoms with Crippen LogP contribution < -0.4 is 5.32 Å². The zero-order valence-electron chi connectivity index (χ0n) is 10.3. The van der Waals surface area contributed by atoms with Gasteiger partial charge in [0, 0.05) is 6.04 Å². The van der Waals surface area contributed by atoms with Gasteiger partial charge in [0.25, 0.3) is 0 Å². The monoisotopic (exact) mass is 211 g/mol. The molecule has 15 heavy (non-hydrogen) atoms. The molecule has 2 N–H and O–H groups in total. The van der Waals surface area contributed by atoms with Crippen molar-refractivity contribution in [2.75, 3.05) is 6.54 Å². The van der Waals surface area contributed by atoms with Gasteiger partial charge in [-0.2, -0.15) is 0 Å². The summed E-state index contributed by atoms with van der Waals surface area (Å²) in [5, 5.41) is 13.6. The van der Waals surface area contributed by atoms with Gasteiger partial charge in [-0.15, -0.1) is 0 Å². The van der Waals surface area contributed by atoms with E-state index >= 15 is 0 Å². The highest BCUT2D eigenvalue weighted by molar-refractivity contribution is 4.97. The van der Waals surface area contributed by atoms with E-state index in [1.807, 2.05) is 0 Å². The minimum atomic E-state index is -0.0598. The highest BCUT2D eigenvalue weighted by Crippen LogP contribution is 2.43. The minimum absolute atomic E-state index is 0.0598. The molecule has 0 aromatic rings. The fourth-order valence-electron chi connectivity index (χ4n) is 3.49. The predicted molar refractivity (Wildman–Crippen MR) is 62.7 cm³/mol. The third kappa shape index (κ3) is 2.36. The number of rotatable bonds is 0. The molecular weight excluding hydrogens is 186 g/mol. The second kappa shape index (κ2) is 4.06. The van der Waals surface area contributed by atoms with E-state index in [9.17, 15) is 5.11 Å². The van der Waals surface area contributed by atoms with E-state index in [4.69, 9.17) is 0 Å². The van der Waals surface area contributed by atoms with Gasteiger partial charge in [-0.05, 0) is 49.5 Å². The summed E-state index contributed by atoms with van der Waals surface area (Å²) in [6.07, 6.45) is 4.53. The van der Waals surface area contributed by atoms with Crippen molar-refractivity contribution >= 4 is 0 Å². The minimum Gasteiger partial charge on any atom is -0.393 e. The highest BCUT2D eigenvalue weighted by Gasteiger charge is 2.43. The van der Waals surface area contributed by atoms with Gasteiger partial charge in [0.05, 0.1) is 6.10 Å². The van der Waals surface area contributed by atoms with Gasteiger partial charge in [0.1, 0.15) is 0 Å². The number of hydrogen-bond donors (Lipinski definition) is 2. The van der Waals surface area contributed by atoms with E-state index in [0.717, 1.165) is 12.8 Å². The Kier molecular flexibility index (Phi) is 3.09. The Balaban J connectivity index is 2.13. The molecule has 0 amide bonds. The first kappa shape index (κ1) is 11.4. The normalized spacial score (nSPS) is 42.4. The Morgan fingerprint density at radius 2 is 1.93 bits per heavy atom. The van der Waals surface area contributed by atoms with Crippen LogP contribution in [0.2, 0.25) is 0 Å². The quantitative estimate of drug-likeness (QED) is 0.643. The Hall–Kier alpha value is -0.0800. The van der Waals surface area contributed by atoms with E-state index in [1.54, 1.807) is 0 Å². The fourth-order valence-corrected chi connectivity index (χ4v) is 3.49. The van der Waals surface area contributed by atoms with Gasteiger partial charge in [-0.1, -0.05) is 20.8 Å². The van der Waals surface area contributed by atoms with Gasteiger partial charge in [-0.3, -0.25) is 0 Å². The Morgan fingerprint density at radius 3 is 2.60 bits per heavy atom. The number of aliphatic hydroxyl groups excluding tert-OH is 1. The first-order chi connectivity index (χ1) is 6.98. The van der Waals surface area contributed by atoms with Crippen molar-refractivity contribution in [3.8, 4) is 0 Å². The van der Waals surface area contributed by atoms with Crippen molar-refractivity contribution in [1.82, 2.24) is 5.32 Å². The van der Waals surface area contributed by atoms with Gasteiger partial charge in [-0.25, -0.2) is 0 Å². The van der Waals surface area contributed by atoms with E-state index in [-0.39, 0.29) is 6.10 Å². The second-order valence-electron chi connectivity index (χ2n) is 6.48. The summed E-state index contributed by atoms with van der Waals surface area (Å²) in [7, 11) is 0. The molecule has 0 radical (unpaired) electrons. The molecule has 0 spiro atoms. The molecule has 4 unspecified atom stereocenters. The molecule has 1 saturated carbocycles. The molecule has 2 aliphatic rings. The first-order valence-corrected chi connectivity index (χ1v) is 6.40. The van der Waals surface area contributed by atoms with Crippen LogP contribution in [0.5, 0.6) is 0 Å². The average Bonchev–Trinajstić information content (AvgIpc) is 2.15. The van der Waals surface area contributed by atoms with Crippen LogP contribution in [0.1, 0.15) is 46.5 Å². The third-order valence-corrected chi connectivity index (χ3v) is 4.29. The molecule has 1 heterocycles. The van der Waals surface area contributed by atoms with Crippen molar-refractivity contribution in [1.29, 1.82) is 0 Å². The summed E-state index contributed by atoms with van der Waals surface area (Å²) in [6.45, 7) is 8.10. The zero-order valence-corrected chi connectivity index (χ0v) is 10.3. The average molecular weight is 211 g/mol. The van der Waals surface area contributed by atoms with Crippen LogP contribution in [-0.4, -0.2) is 23.8 Å². The fraction of sp³-hybridized carbons (Fsp3) is 1.00. The van der Waals surface area contributed by atoms with Crippen LogP contribution in [0.4, 0.5) is 0 Å². The lowest BCUT2D eigenvalue weighted by Gasteiger charge is -2.49. The summed E-state index contributed by atoms with van der Waals surface area (Å²) in [5.74, 6) is 1.35. The topological polar surface area (TPSA) is 32.3 Å². The maximum absolute atomic E-state index is 9.95. The molecule has 1 saturated heterocycles. The molecule has 2 rings (SSSR count). The van der Waals surface area contributed by atoms with E-state index < -0.39 is 0 Å². The van der Waals surface area contributed by atoms with E-state index in [0.29, 0.717) is 23.3 Å². The number of fused-ring (bicyclic) bond motifs is 1. The molecular formula is C13H25NO. The van der Waals surface area contributed by atoms with Crippen LogP contribution in [0, 0.1) is 17.3 Å². The molecule has 2 nitrogen and oxygen atoms in total. The van der Waals surface area contributed by atoms with Gasteiger partial charge >= 0.3 is 0 Å². The predicted octanol–water partition coefficient (Wildman–Crippen LogP) is 2.17. The smallest absolute Gasteiger partial charge is 0.0546 e. The number of aliphatic hydroxyl groups is 1. The SMILES string of the molecule is CC(C)(C)C1CC(O)CC2CCCNC21. The lowest BCUT2D eigenvalue weighted by Crippen LogP contribution is -2.54. The lowest BCUT2D eigenvalue weighted by molar-refractivity contribution is -0.00976. The molecule has 1 aliphatic heterocycles. The lowest BCUT2D eigenvalue weighted by atomic mass is 9.63. The van der Waals surface area contributed by atoms with Crippen LogP contribution in [-0.2, 0) is 0 Å². The standard InChI is InChI=1S/C13H25NO/c1-13(2,3)11-8-10(15)7-9-5-4-6-14-12(9)11/h9-12,14-15H,4-8H2,1-3H3. The maximum Gasteiger partial charge on any atom is 0.0546 e. The summed E-state index contributed by atoms with van der Waals surface area (Å²) >= 11 is 0. The first-order valence-electron chi connectivity index (χ1n) is 6.40. The molecule has 0 aromatic heterocycles. The molecule has 0 aromatic carbocycles. The van der Waals surface area contributed by atoms with E-state index in [1.165, 1.54) is 19.4 Å². The molecule has 2 fully saturated rings. The van der Waals surface area contributed by atoms with Crippen LogP contribution in [0.3, 0.4) is 0 Å². The highest BCUT2D eigenvalue weighted by atomic mass is 16.3. The van der Waals surface area contributed by atoms with Crippen molar-refractivity contribution < 1.29 is 5.11 Å². The molecule has 1 aliphatic carbocycles. The Bertz CT molecular complexity index is 221. The van der Waals surface area contributed by atoms with Gasteiger partial charge in [0.15, 0.2) is 0 Å². The molecule has 88 valence electrons. The van der Waals surface area contributed by atoms with Crippen LogP contribution in [0.15, 0.2) is 0 Å². The Labute approximate surface area is 93.5 Å². The summed E-state index contributed by atoms with van der Waals surface area (Å²) in [5.41, 5.74) is 0.314. The van der Waals surface area contributed by atoms with Crippen molar-refractivity contribution in [2.45, 2.75) is 58.6 Å².